The van der Waals surface area contributed by atoms with E-state index in [1.54, 1.807) is 0 Å². The first-order valence-electron chi connectivity index (χ1n) is 6.92. The van der Waals surface area contributed by atoms with Crippen LogP contribution in [0.1, 0.15) is 52.9 Å². The highest BCUT2D eigenvalue weighted by Gasteiger charge is 2.58. The molecule has 4 atom stereocenters. The van der Waals surface area contributed by atoms with Gasteiger partial charge in [-0.2, -0.15) is 0 Å². The predicted molar refractivity (Wildman–Crippen MR) is 70.1 cm³/mol. The molecule has 2 rings (SSSR count). The van der Waals surface area contributed by atoms with Gasteiger partial charge < -0.3 is 9.47 Å². The second-order valence-electron chi connectivity index (χ2n) is 5.97. The summed E-state index contributed by atoms with van der Waals surface area (Å²) in [5.74, 6) is 0.594. The molecule has 2 fully saturated rings. The second kappa shape index (κ2) is 5.11. The summed E-state index contributed by atoms with van der Waals surface area (Å²) in [6.45, 7) is 6.58. The van der Waals surface area contributed by atoms with Crippen molar-refractivity contribution in [2.24, 2.45) is 5.92 Å². The summed E-state index contributed by atoms with van der Waals surface area (Å²) in [6.07, 6.45) is 9.29. The Morgan fingerprint density at radius 2 is 2.06 bits per heavy atom. The second-order valence-corrected chi connectivity index (χ2v) is 5.97. The lowest BCUT2D eigenvalue weighted by molar-refractivity contribution is -0.00777. The van der Waals surface area contributed by atoms with E-state index in [0.717, 1.165) is 6.42 Å². The van der Waals surface area contributed by atoms with Gasteiger partial charge in [0.25, 0.3) is 0 Å². The lowest BCUT2D eigenvalue weighted by Crippen LogP contribution is -2.37. The van der Waals surface area contributed by atoms with E-state index < -0.39 is 0 Å². The maximum Gasteiger partial charge on any atom is 0.0976 e. The molecule has 2 aliphatic rings. The minimum Gasteiger partial charge on any atom is -0.381 e. The van der Waals surface area contributed by atoms with Crippen molar-refractivity contribution < 1.29 is 9.47 Å². The van der Waals surface area contributed by atoms with Gasteiger partial charge in [0.05, 0.1) is 17.8 Å². The standard InChI is InChI=1S/C15H26O2/c1-11(2)9-10-14-15(3,17-14)12-7-5-6-8-13(12)16-4/h9,12-14H,5-8,10H2,1-4H3/t12?,13?,14?,15-/m0/s1. The van der Waals surface area contributed by atoms with Gasteiger partial charge in [-0.3, -0.25) is 0 Å². The molecule has 1 aliphatic heterocycles. The highest BCUT2D eigenvalue weighted by Crippen LogP contribution is 2.50. The molecular weight excluding hydrogens is 212 g/mol. The van der Waals surface area contributed by atoms with Crippen molar-refractivity contribution >= 4 is 0 Å². The van der Waals surface area contributed by atoms with E-state index in [1.165, 1.54) is 31.3 Å². The first-order valence-corrected chi connectivity index (χ1v) is 6.92. The summed E-state index contributed by atoms with van der Waals surface area (Å²) < 4.78 is 11.7. The molecule has 0 aromatic heterocycles. The molecule has 0 radical (unpaired) electrons. The Balaban J connectivity index is 1.95. The van der Waals surface area contributed by atoms with Crippen LogP contribution in [-0.4, -0.2) is 24.9 Å². The van der Waals surface area contributed by atoms with Gasteiger partial charge in [0.2, 0.25) is 0 Å². The molecule has 1 aliphatic carbocycles. The van der Waals surface area contributed by atoms with E-state index in [1.807, 2.05) is 7.11 Å². The van der Waals surface area contributed by atoms with Crippen molar-refractivity contribution in [1.82, 2.24) is 0 Å². The molecule has 0 amide bonds. The zero-order valence-corrected chi connectivity index (χ0v) is 11.7. The topological polar surface area (TPSA) is 21.8 Å². The molecule has 17 heavy (non-hydrogen) atoms. The summed E-state index contributed by atoms with van der Waals surface area (Å²) in [5, 5.41) is 0. The van der Waals surface area contributed by atoms with Gasteiger partial charge in [-0.05, 0) is 40.0 Å². The Bertz CT molecular complexity index is 293. The third kappa shape index (κ3) is 2.74. The van der Waals surface area contributed by atoms with Crippen molar-refractivity contribution in [3.8, 4) is 0 Å². The van der Waals surface area contributed by atoms with Gasteiger partial charge in [-0.1, -0.05) is 24.5 Å². The van der Waals surface area contributed by atoms with E-state index in [2.05, 4.69) is 26.8 Å². The zero-order valence-electron chi connectivity index (χ0n) is 11.7. The number of hydrogen-bond acceptors (Lipinski definition) is 2. The fourth-order valence-corrected chi connectivity index (χ4v) is 3.26. The quantitative estimate of drug-likeness (QED) is 0.550. The number of rotatable bonds is 4. The maximum atomic E-state index is 6.00. The van der Waals surface area contributed by atoms with Crippen LogP contribution in [0.3, 0.4) is 0 Å². The third-order valence-electron chi connectivity index (χ3n) is 4.46. The molecule has 1 heterocycles. The van der Waals surface area contributed by atoms with Gasteiger partial charge in [0, 0.05) is 13.0 Å². The minimum atomic E-state index is 0.0764. The molecule has 1 saturated carbocycles. The van der Waals surface area contributed by atoms with E-state index in [4.69, 9.17) is 9.47 Å². The Labute approximate surface area is 105 Å². The molecule has 0 bridgehead atoms. The van der Waals surface area contributed by atoms with Gasteiger partial charge in [0.15, 0.2) is 0 Å². The molecule has 2 heteroatoms. The van der Waals surface area contributed by atoms with Crippen molar-refractivity contribution in [2.45, 2.75) is 70.7 Å². The summed E-state index contributed by atoms with van der Waals surface area (Å²) in [4.78, 5) is 0. The van der Waals surface area contributed by atoms with E-state index >= 15 is 0 Å². The van der Waals surface area contributed by atoms with Crippen molar-refractivity contribution in [3.05, 3.63) is 11.6 Å². The minimum absolute atomic E-state index is 0.0764. The number of allylic oxidation sites excluding steroid dienone is 1. The van der Waals surface area contributed by atoms with Crippen LogP contribution in [-0.2, 0) is 9.47 Å². The van der Waals surface area contributed by atoms with Gasteiger partial charge in [-0.15, -0.1) is 0 Å². The van der Waals surface area contributed by atoms with Crippen LogP contribution in [0.5, 0.6) is 0 Å². The van der Waals surface area contributed by atoms with Crippen LogP contribution in [0.15, 0.2) is 11.6 Å². The summed E-state index contributed by atoms with van der Waals surface area (Å²) >= 11 is 0. The zero-order chi connectivity index (χ0) is 12.5. The highest BCUT2D eigenvalue weighted by molar-refractivity contribution is 5.10. The van der Waals surface area contributed by atoms with E-state index in [9.17, 15) is 0 Å². The van der Waals surface area contributed by atoms with Crippen LogP contribution >= 0.6 is 0 Å². The molecule has 0 spiro atoms. The third-order valence-corrected chi connectivity index (χ3v) is 4.46. The molecule has 3 unspecified atom stereocenters. The smallest absolute Gasteiger partial charge is 0.0976 e. The Morgan fingerprint density at radius 1 is 1.35 bits per heavy atom. The monoisotopic (exact) mass is 238 g/mol. The Kier molecular flexibility index (Phi) is 3.94. The molecule has 1 saturated heterocycles. The summed E-state index contributed by atoms with van der Waals surface area (Å²) in [7, 11) is 1.85. The molecule has 2 nitrogen and oxygen atoms in total. The predicted octanol–water partition coefficient (Wildman–Crippen LogP) is 3.71. The Hall–Kier alpha value is -0.340. The molecule has 98 valence electrons. The molecule has 0 aromatic carbocycles. The number of epoxide rings is 1. The first-order chi connectivity index (χ1) is 8.08. The van der Waals surface area contributed by atoms with Crippen LogP contribution in [0.4, 0.5) is 0 Å². The number of hydrogen-bond donors (Lipinski definition) is 0. The normalized spacial score (nSPS) is 41.1. The van der Waals surface area contributed by atoms with E-state index in [-0.39, 0.29) is 5.60 Å². The van der Waals surface area contributed by atoms with Crippen LogP contribution in [0.2, 0.25) is 0 Å². The van der Waals surface area contributed by atoms with Crippen molar-refractivity contribution in [2.75, 3.05) is 7.11 Å². The first kappa shape index (κ1) is 13.1. The fraction of sp³-hybridized carbons (Fsp3) is 0.867. The Morgan fingerprint density at radius 3 is 2.71 bits per heavy atom. The fourth-order valence-electron chi connectivity index (χ4n) is 3.26. The van der Waals surface area contributed by atoms with Crippen molar-refractivity contribution in [3.63, 3.8) is 0 Å². The van der Waals surface area contributed by atoms with Crippen molar-refractivity contribution in [1.29, 1.82) is 0 Å². The van der Waals surface area contributed by atoms with E-state index in [0.29, 0.717) is 18.1 Å². The van der Waals surface area contributed by atoms with Crippen LogP contribution in [0, 0.1) is 5.92 Å². The SMILES string of the molecule is COC1CCCCC1[C@]1(C)OC1CC=C(C)C. The number of methoxy groups -OCH3 is 1. The molecule has 0 aromatic rings. The van der Waals surface area contributed by atoms with Crippen LogP contribution in [0.25, 0.3) is 0 Å². The number of ether oxygens (including phenoxy) is 2. The molecular formula is C15H26O2. The molecule has 0 N–H and O–H groups in total. The van der Waals surface area contributed by atoms with Gasteiger partial charge >= 0.3 is 0 Å². The van der Waals surface area contributed by atoms with Gasteiger partial charge in [-0.25, -0.2) is 0 Å². The van der Waals surface area contributed by atoms with Crippen LogP contribution < -0.4 is 0 Å². The average molecular weight is 238 g/mol. The van der Waals surface area contributed by atoms with Gasteiger partial charge in [0.1, 0.15) is 0 Å². The summed E-state index contributed by atoms with van der Waals surface area (Å²) in [5.41, 5.74) is 1.46. The highest BCUT2D eigenvalue weighted by atomic mass is 16.6. The lowest BCUT2D eigenvalue weighted by atomic mass is 9.76. The largest absolute Gasteiger partial charge is 0.381 e. The lowest BCUT2D eigenvalue weighted by Gasteiger charge is -2.33. The summed E-state index contributed by atoms with van der Waals surface area (Å²) in [6, 6.07) is 0. The maximum absolute atomic E-state index is 6.00. The average Bonchev–Trinajstić information content (AvgIpc) is 2.99.